The summed E-state index contributed by atoms with van der Waals surface area (Å²) >= 11 is 2.95. The van der Waals surface area contributed by atoms with E-state index in [1.165, 1.54) is 16.6 Å². The third kappa shape index (κ3) is 4.23. The molecule has 8 heteroatoms. The molecule has 0 bridgehead atoms. The van der Waals surface area contributed by atoms with Crippen molar-refractivity contribution in [3.63, 3.8) is 0 Å². The molecule has 3 aromatic heterocycles. The smallest absolute Gasteiger partial charge is 0.277 e. The van der Waals surface area contributed by atoms with Gasteiger partial charge in [0.2, 0.25) is 5.91 Å². The van der Waals surface area contributed by atoms with E-state index < -0.39 is 0 Å². The van der Waals surface area contributed by atoms with Crippen LogP contribution in [-0.4, -0.2) is 32.9 Å². The molecule has 2 N–H and O–H groups in total. The summed E-state index contributed by atoms with van der Waals surface area (Å²) in [5.41, 5.74) is 0.761. The summed E-state index contributed by atoms with van der Waals surface area (Å²) in [5.74, 6) is 0.383. The van der Waals surface area contributed by atoms with Gasteiger partial charge >= 0.3 is 0 Å². The van der Waals surface area contributed by atoms with E-state index in [9.17, 15) is 4.79 Å². The number of thioether (sulfide) groups is 1. The van der Waals surface area contributed by atoms with Crippen LogP contribution in [0.3, 0.4) is 0 Å². The summed E-state index contributed by atoms with van der Waals surface area (Å²) in [6, 6.07) is 7.78. The van der Waals surface area contributed by atoms with E-state index in [1.54, 1.807) is 17.5 Å². The quantitative estimate of drug-likeness (QED) is 0.641. The Morgan fingerprint density at radius 2 is 2.35 bits per heavy atom. The molecule has 1 atom stereocenters. The maximum atomic E-state index is 12.1. The van der Waals surface area contributed by atoms with Gasteiger partial charge in [-0.3, -0.25) is 4.79 Å². The normalized spacial score (nSPS) is 12.2. The van der Waals surface area contributed by atoms with Crippen molar-refractivity contribution in [1.29, 1.82) is 0 Å². The maximum absolute atomic E-state index is 12.1. The van der Waals surface area contributed by atoms with Gasteiger partial charge in [0.15, 0.2) is 0 Å². The molecule has 0 fully saturated rings. The topological polar surface area (TPSA) is 83.8 Å². The Morgan fingerprint density at radius 3 is 3.09 bits per heavy atom. The van der Waals surface area contributed by atoms with Crippen LogP contribution in [0.2, 0.25) is 0 Å². The first-order valence-electron chi connectivity index (χ1n) is 7.16. The molecule has 1 amide bonds. The molecule has 6 nitrogen and oxygen atoms in total. The monoisotopic (exact) mass is 348 g/mol. The molecule has 0 aliphatic carbocycles. The van der Waals surface area contributed by atoms with E-state index in [-0.39, 0.29) is 11.2 Å². The van der Waals surface area contributed by atoms with Crippen LogP contribution in [0.5, 0.6) is 0 Å². The molecule has 23 heavy (non-hydrogen) atoms. The zero-order chi connectivity index (χ0) is 16.1. The second kappa shape index (κ2) is 7.47. The molecule has 0 radical (unpaired) electrons. The van der Waals surface area contributed by atoms with Crippen molar-refractivity contribution in [2.24, 2.45) is 0 Å². The lowest BCUT2D eigenvalue weighted by Gasteiger charge is -2.09. The van der Waals surface area contributed by atoms with Gasteiger partial charge in [0.25, 0.3) is 11.1 Å². The molecular formula is C15H16N4O2S2. The molecule has 0 saturated heterocycles. The number of aromatic amines is 1. The average molecular weight is 348 g/mol. The molecule has 3 aromatic rings. The number of nitrogens with zero attached hydrogens (tertiary/aromatic N) is 2. The number of hydrogen-bond acceptors (Lipinski definition) is 6. The van der Waals surface area contributed by atoms with E-state index in [2.05, 4.69) is 26.6 Å². The highest BCUT2D eigenvalue weighted by atomic mass is 32.2. The van der Waals surface area contributed by atoms with E-state index >= 15 is 0 Å². The van der Waals surface area contributed by atoms with Crippen LogP contribution in [0.15, 0.2) is 45.5 Å². The average Bonchev–Trinajstić information content (AvgIpc) is 3.29. The fourth-order valence-corrected chi connectivity index (χ4v) is 3.36. The Labute approximate surface area is 141 Å². The van der Waals surface area contributed by atoms with Crippen molar-refractivity contribution in [2.75, 3.05) is 6.54 Å². The fourth-order valence-electron chi connectivity index (χ4n) is 1.94. The van der Waals surface area contributed by atoms with Gasteiger partial charge in [-0.1, -0.05) is 17.8 Å². The number of rotatable bonds is 7. The van der Waals surface area contributed by atoms with E-state index in [0.29, 0.717) is 17.7 Å². The minimum absolute atomic E-state index is 0.0359. The highest BCUT2D eigenvalue weighted by molar-refractivity contribution is 8.00. The molecule has 3 rings (SSSR count). The number of thiophene rings is 1. The number of H-pyrrole nitrogens is 1. The number of carbonyl (C=O) groups excluding carboxylic acids is 1. The van der Waals surface area contributed by atoms with Crippen LogP contribution >= 0.6 is 23.1 Å². The zero-order valence-corrected chi connectivity index (χ0v) is 14.1. The summed E-state index contributed by atoms with van der Waals surface area (Å²) in [6.07, 6.45) is 2.63. The van der Waals surface area contributed by atoms with Gasteiger partial charge in [0.1, 0.15) is 5.69 Å². The number of carbonyl (C=O) groups is 1. The molecule has 0 unspecified atom stereocenters. The standard InChI is InChI=1S/C15H16N4O2S2/c1-10(13(20)17-8-6-11-4-3-9-22-11)23-15-19-18-14(21-15)12-5-2-7-16-12/h2-5,7,9-10,16H,6,8H2,1H3,(H,17,20)/t10-/m0/s1. The second-order valence-corrected chi connectivity index (χ2v) is 7.16. The number of amides is 1. The molecule has 0 aromatic carbocycles. The van der Waals surface area contributed by atoms with E-state index in [0.717, 1.165) is 12.1 Å². The lowest BCUT2D eigenvalue weighted by atomic mass is 10.3. The van der Waals surface area contributed by atoms with Crippen molar-refractivity contribution >= 4 is 29.0 Å². The fraction of sp³-hybridized carbons (Fsp3) is 0.267. The Morgan fingerprint density at radius 1 is 1.43 bits per heavy atom. The summed E-state index contributed by atoms with van der Waals surface area (Å²) < 4.78 is 5.54. The molecule has 0 saturated carbocycles. The Hall–Kier alpha value is -2.06. The lowest BCUT2D eigenvalue weighted by Crippen LogP contribution is -2.32. The van der Waals surface area contributed by atoms with Gasteiger partial charge in [0, 0.05) is 17.6 Å². The third-order valence-corrected chi connectivity index (χ3v) is 5.00. The molecule has 0 aliphatic heterocycles. The minimum Gasteiger partial charge on any atom is -0.410 e. The van der Waals surface area contributed by atoms with Crippen LogP contribution < -0.4 is 5.32 Å². The van der Waals surface area contributed by atoms with Crippen LogP contribution in [-0.2, 0) is 11.2 Å². The first-order chi connectivity index (χ1) is 11.2. The van der Waals surface area contributed by atoms with Gasteiger partial charge in [-0.05, 0) is 36.9 Å². The minimum atomic E-state index is -0.296. The number of nitrogens with one attached hydrogen (secondary N) is 2. The van der Waals surface area contributed by atoms with Crippen LogP contribution in [0.4, 0.5) is 0 Å². The van der Waals surface area contributed by atoms with Crippen LogP contribution in [0.1, 0.15) is 11.8 Å². The molecular weight excluding hydrogens is 332 g/mol. The lowest BCUT2D eigenvalue weighted by molar-refractivity contribution is -0.120. The van der Waals surface area contributed by atoms with Gasteiger partial charge in [0.05, 0.1) is 5.25 Å². The summed E-state index contributed by atoms with van der Waals surface area (Å²) in [6.45, 7) is 2.45. The second-order valence-electron chi connectivity index (χ2n) is 4.84. The highest BCUT2D eigenvalue weighted by Gasteiger charge is 2.18. The summed E-state index contributed by atoms with van der Waals surface area (Å²) in [7, 11) is 0. The Balaban J connectivity index is 1.48. The summed E-state index contributed by atoms with van der Waals surface area (Å²) in [4.78, 5) is 16.3. The van der Waals surface area contributed by atoms with Crippen molar-refractivity contribution in [3.05, 3.63) is 40.7 Å². The van der Waals surface area contributed by atoms with Crippen molar-refractivity contribution in [1.82, 2.24) is 20.5 Å². The van der Waals surface area contributed by atoms with E-state index in [4.69, 9.17) is 4.42 Å². The van der Waals surface area contributed by atoms with Crippen molar-refractivity contribution in [2.45, 2.75) is 23.8 Å². The first-order valence-corrected chi connectivity index (χ1v) is 8.92. The largest absolute Gasteiger partial charge is 0.410 e. The maximum Gasteiger partial charge on any atom is 0.277 e. The van der Waals surface area contributed by atoms with Gasteiger partial charge in [-0.15, -0.1) is 21.5 Å². The summed E-state index contributed by atoms with van der Waals surface area (Å²) in [5, 5.41) is 13.0. The van der Waals surface area contributed by atoms with Gasteiger partial charge in [-0.25, -0.2) is 0 Å². The molecule has 120 valence electrons. The number of hydrogen-bond donors (Lipinski definition) is 2. The molecule has 0 spiro atoms. The van der Waals surface area contributed by atoms with Gasteiger partial charge < -0.3 is 14.7 Å². The Kier molecular flexibility index (Phi) is 5.14. The van der Waals surface area contributed by atoms with E-state index in [1.807, 2.05) is 30.5 Å². The van der Waals surface area contributed by atoms with Gasteiger partial charge in [-0.2, -0.15) is 0 Å². The zero-order valence-electron chi connectivity index (χ0n) is 12.5. The predicted octanol–water partition coefficient (Wildman–Crippen LogP) is 2.97. The van der Waals surface area contributed by atoms with Crippen molar-refractivity contribution in [3.8, 4) is 11.6 Å². The first kappa shape index (κ1) is 15.8. The number of aromatic nitrogens is 3. The van der Waals surface area contributed by atoms with Crippen LogP contribution in [0.25, 0.3) is 11.6 Å². The third-order valence-electron chi connectivity index (χ3n) is 3.13. The Bertz CT molecular complexity index is 737. The molecule has 3 heterocycles. The predicted molar refractivity (Wildman–Crippen MR) is 90.4 cm³/mol. The SMILES string of the molecule is C[C@H](Sc1nnc(-c2ccc[nH]2)o1)C(=O)NCCc1cccs1. The highest BCUT2D eigenvalue weighted by Crippen LogP contribution is 2.25. The molecule has 0 aliphatic rings. The van der Waals surface area contributed by atoms with Crippen molar-refractivity contribution < 1.29 is 9.21 Å². The van der Waals surface area contributed by atoms with Crippen LogP contribution in [0, 0.1) is 0 Å².